The highest BCUT2D eigenvalue weighted by Gasteiger charge is 2.13. The number of ketones is 1. The Kier molecular flexibility index (Phi) is 2.87. The van der Waals surface area contributed by atoms with Crippen molar-refractivity contribution in [3.8, 4) is 0 Å². The molecule has 0 aromatic rings. The van der Waals surface area contributed by atoms with Crippen molar-refractivity contribution in [2.45, 2.75) is 38.6 Å². The second kappa shape index (κ2) is 3.71. The summed E-state index contributed by atoms with van der Waals surface area (Å²) < 4.78 is 0. The van der Waals surface area contributed by atoms with E-state index in [1.54, 1.807) is 6.92 Å². The third-order valence-corrected chi connectivity index (χ3v) is 1.99. The minimum absolute atomic E-state index is 0.242. The molecule has 0 aromatic carbocycles. The summed E-state index contributed by atoms with van der Waals surface area (Å²) in [5.41, 5.74) is 0. The summed E-state index contributed by atoms with van der Waals surface area (Å²) in [6.07, 6.45) is 5.17. The molecular weight excluding hydrogens is 126 g/mol. The Morgan fingerprint density at radius 2 is 2.10 bits per heavy atom. The van der Waals surface area contributed by atoms with Crippen LogP contribution in [0.15, 0.2) is 0 Å². The molecule has 1 aliphatic rings. The highest BCUT2D eigenvalue weighted by molar-refractivity contribution is 5.77. The van der Waals surface area contributed by atoms with E-state index in [0.29, 0.717) is 12.6 Å². The van der Waals surface area contributed by atoms with Crippen molar-refractivity contribution in [2.24, 2.45) is 0 Å². The smallest absolute Gasteiger partial charge is 0.143 e. The lowest BCUT2D eigenvalue weighted by molar-refractivity contribution is -0.116. The highest BCUT2D eigenvalue weighted by atomic mass is 16.1. The lowest BCUT2D eigenvalue weighted by Crippen LogP contribution is -2.30. The van der Waals surface area contributed by atoms with Gasteiger partial charge in [-0.1, -0.05) is 12.8 Å². The lowest BCUT2D eigenvalue weighted by atomic mass is 10.2. The normalized spacial score (nSPS) is 19.7. The molecule has 0 atom stereocenters. The molecule has 0 bridgehead atoms. The van der Waals surface area contributed by atoms with Crippen LogP contribution in [0.1, 0.15) is 32.6 Å². The van der Waals surface area contributed by atoms with E-state index < -0.39 is 0 Å². The molecule has 0 spiro atoms. The predicted octanol–water partition coefficient (Wildman–Crippen LogP) is 1.11. The van der Waals surface area contributed by atoms with E-state index in [0.717, 1.165) is 0 Å². The summed E-state index contributed by atoms with van der Waals surface area (Å²) >= 11 is 0. The van der Waals surface area contributed by atoms with E-state index in [2.05, 4.69) is 5.32 Å². The average Bonchev–Trinajstić information content (AvgIpc) is 2.34. The molecule has 1 saturated carbocycles. The van der Waals surface area contributed by atoms with Gasteiger partial charge in [0.15, 0.2) is 0 Å². The fourth-order valence-corrected chi connectivity index (χ4v) is 1.42. The zero-order valence-electron chi connectivity index (χ0n) is 6.52. The molecule has 2 heteroatoms. The van der Waals surface area contributed by atoms with Crippen LogP contribution in [0, 0.1) is 0 Å². The Labute approximate surface area is 62.0 Å². The van der Waals surface area contributed by atoms with Crippen molar-refractivity contribution < 1.29 is 4.79 Å². The number of rotatable bonds is 3. The number of carbonyl (C=O) groups is 1. The van der Waals surface area contributed by atoms with E-state index in [1.807, 2.05) is 0 Å². The molecule has 2 nitrogen and oxygen atoms in total. The summed E-state index contributed by atoms with van der Waals surface area (Å²) in [5.74, 6) is 0.242. The van der Waals surface area contributed by atoms with E-state index in [1.165, 1.54) is 25.7 Å². The van der Waals surface area contributed by atoms with E-state index >= 15 is 0 Å². The number of nitrogens with one attached hydrogen (secondary N) is 1. The standard InChI is InChI=1S/C8H15NO/c1-7(10)6-9-8-4-2-3-5-8/h8-9H,2-6H2,1H3. The van der Waals surface area contributed by atoms with Gasteiger partial charge < -0.3 is 5.32 Å². The third kappa shape index (κ3) is 2.48. The molecule has 0 heterocycles. The first kappa shape index (κ1) is 7.73. The van der Waals surface area contributed by atoms with Crippen molar-refractivity contribution in [3.05, 3.63) is 0 Å². The number of Topliss-reactive ketones (excluding diaryl/α,β-unsaturated/α-hetero) is 1. The maximum Gasteiger partial charge on any atom is 0.143 e. The van der Waals surface area contributed by atoms with Crippen LogP contribution in [0.3, 0.4) is 0 Å². The van der Waals surface area contributed by atoms with Crippen LogP contribution in [0.25, 0.3) is 0 Å². The largest absolute Gasteiger partial charge is 0.307 e. The van der Waals surface area contributed by atoms with Crippen molar-refractivity contribution in [3.63, 3.8) is 0 Å². The molecular formula is C8H15NO. The van der Waals surface area contributed by atoms with E-state index in [4.69, 9.17) is 0 Å². The molecule has 1 rings (SSSR count). The molecule has 0 unspecified atom stereocenters. The van der Waals surface area contributed by atoms with Gasteiger partial charge in [-0.3, -0.25) is 4.79 Å². The minimum Gasteiger partial charge on any atom is -0.307 e. The molecule has 1 N–H and O–H groups in total. The van der Waals surface area contributed by atoms with Crippen LogP contribution in [-0.4, -0.2) is 18.4 Å². The molecule has 1 fully saturated rings. The Hall–Kier alpha value is -0.370. The van der Waals surface area contributed by atoms with Crippen LogP contribution in [0.2, 0.25) is 0 Å². The number of carbonyl (C=O) groups excluding carboxylic acids is 1. The van der Waals surface area contributed by atoms with Crippen LogP contribution in [0.4, 0.5) is 0 Å². The van der Waals surface area contributed by atoms with E-state index in [9.17, 15) is 4.79 Å². The van der Waals surface area contributed by atoms with Gasteiger partial charge >= 0.3 is 0 Å². The van der Waals surface area contributed by atoms with Crippen LogP contribution < -0.4 is 5.32 Å². The molecule has 0 aromatic heterocycles. The average molecular weight is 141 g/mol. The molecule has 0 aliphatic heterocycles. The maximum atomic E-state index is 10.5. The third-order valence-electron chi connectivity index (χ3n) is 1.99. The van der Waals surface area contributed by atoms with Gasteiger partial charge in [0, 0.05) is 6.04 Å². The van der Waals surface area contributed by atoms with Crippen LogP contribution >= 0.6 is 0 Å². The molecule has 0 saturated heterocycles. The van der Waals surface area contributed by atoms with Crippen LogP contribution in [-0.2, 0) is 4.79 Å². The zero-order valence-corrected chi connectivity index (χ0v) is 6.52. The maximum absolute atomic E-state index is 10.5. The zero-order chi connectivity index (χ0) is 7.40. The first-order valence-corrected chi connectivity index (χ1v) is 4.02. The molecule has 10 heavy (non-hydrogen) atoms. The van der Waals surface area contributed by atoms with Gasteiger partial charge in [0.1, 0.15) is 5.78 Å². The molecule has 0 amide bonds. The van der Waals surface area contributed by atoms with Gasteiger partial charge in [0.25, 0.3) is 0 Å². The van der Waals surface area contributed by atoms with Crippen molar-refractivity contribution >= 4 is 5.78 Å². The second-order valence-corrected chi connectivity index (χ2v) is 3.06. The first-order chi connectivity index (χ1) is 4.79. The van der Waals surface area contributed by atoms with E-state index in [-0.39, 0.29) is 5.78 Å². The number of hydrogen-bond acceptors (Lipinski definition) is 2. The SMILES string of the molecule is CC(=O)CNC1CCCC1. The minimum atomic E-state index is 0.242. The molecule has 1 aliphatic carbocycles. The highest BCUT2D eigenvalue weighted by Crippen LogP contribution is 2.16. The first-order valence-electron chi connectivity index (χ1n) is 4.02. The Balaban J connectivity index is 2.07. The van der Waals surface area contributed by atoms with Gasteiger partial charge in [-0.25, -0.2) is 0 Å². The Morgan fingerprint density at radius 3 is 2.60 bits per heavy atom. The van der Waals surface area contributed by atoms with Gasteiger partial charge in [-0.15, -0.1) is 0 Å². The van der Waals surface area contributed by atoms with Crippen molar-refractivity contribution in [2.75, 3.05) is 6.54 Å². The summed E-state index contributed by atoms with van der Waals surface area (Å²) in [4.78, 5) is 10.5. The quantitative estimate of drug-likeness (QED) is 0.638. The topological polar surface area (TPSA) is 29.1 Å². The van der Waals surface area contributed by atoms with Crippen molar-refractivity contribution in [1.29, 1.82) is 0 Å². The summed E-state index contributed by atoms with van der Waals surface area (Å²) in [5, 5.41) is 3.23. The molecule has 0 radical (unpaired) electrons. The Bertz CT molecular complexity index is 116. The monoisotopic (exact) mass is 141 g/mol. The predicted molar refractivity (Wildman–Crippen MR) is 40.9 cm³/mol. The lowest BCUT2D eigenvalue weighted by Gasteiger charge is -2.08. The summed E-state index contributed by atoms with van der Waals surface area (Å²) in [7, 11) is 0. The van der Waals surface area contributed by atoms with Crippen molar-refractivity contribution in [1.82, 2.24) is 5.32 Å². The summed E-state index contributed by atoms with van der Waals surface area (Å²) in [6, 6.07) is 0.629. The fourth-order valence-electron chi connectivity index (χ4n) is 1.42. The fraction of sp³-hybridized carbons (Fsp3) is 0.875. The molecule has 58 valence electrons. The van der Waals surface area contributed by atoms with Gasteiger partial charge in [-0.05, 0) is 19.8 Å². The van der Waals surface area contributed by atoms with Gasteiger partial charge in [0.05, 0.1) is 6.54 Å². The Morgan fingerprint density at radius 1 is 1.50 bits per heavy atom. The summed E-state index contributed by atoms with van der Waals surface area (Å²) in [6.45, 7) is 2.19. The number of hydrogen-bond donors (Lipinski definition) is 1. The van der Waals surface area contributed by atoms with Crippen LogP contribution in [0.5, 0.6) is 0 Å². The van der Waals surface area contributed by atoms with Gasteiger partial charge in [0.2, 0.25) is 0 Å². The van der Waals surface area contributed by atoms with Gasteiger partial charge in [-0.2, -0.15) is 0 Å². The second-order valence-electron chi connectivity index (χ2n) is 3.06.